The van der Waals surface area contributed by atoms with Crippen molar-refractivity contribution in [3.8, 4) is 11.5 Å². The fourth-order valence-electron chi connectivity index (χ4n) is 2.45. The van der Waals surface area contributed by atoms with E-state index in [0.29, 0.717) is 0 Å². The van der Waals surface area contributed by atoms with Crippen molar-refractivity contribution >= 4 is 5.69 Å². The molecule has 1 heterocycles. The summed E-state index contributed by atoms with van der Waals surface area (Å²) in [5, 5.41) is 3.43. The Morgan fingerprint density at radius 3 is 2.26 bits per heavy atom. The van der Waals surface area contributed by atoms with Gasteiger partial charge in [0.05, 0.1) is 14.2 Å². The van der Waals surface area contributed by atoms with E-state index in [2.05, 4.69) is 10.2 Å². The maximum Gasteiger partial charge on any atom is 0.124 e. The van der Waals surface area contributed by atoms with Gasteiger partial charge in [0.15, 0.2) is 0 Å². The predicted molar refractivity (Wildman–Crippen MR) is 78.3 cm³/mol. The van der Waals surface area contributed by atoms with Gasteiger partial charge < -0.3 is 19.7 Å². The molecule has 1 fully saturated rings. The molecule has 0 amide bonds. The summed E-state index contributed by atoms with van der Waals surface area (Å²) in [5.74, 6) is 1.64. The van der Waals surface area contributed by atoms with Gasteiger partial charge in [-0.3, -0.25) is 0 Å². The molecule has 106 valence electrons. The molecule has 1 aromatic carbocycles. The van der Waals surface area contributed by atoms with Gasteiger partial charge >= 0.3 is 0 Å². The summed E-state index contributed by atoms with van der Waals surface area (Å²) in [6, 6.07) is 5.88. The molecule has 4 nitrogen and oxygen atoms in total. The number of hydrogen-bond acceptors (Lipinski definition) is 4. The van der Waals surface area contributed by atoms with Crippen molar-refractivity contribution in [3.05, 3.63) is 18.2 Å². The number of methoxy groups -OCH3 is 2. The summed E-state index contributed by atoms with van der Waals surface area (Å²) >= 11 is 0. The highest BCUT2D eigenvalue weighted by molar-refractivity contribution is 5.53. The SMILES string of the molecule is COc1cc(NCCCN2CCCC2)cc(OC)c1. The predicted octanol–water partition coefficient (Wildman–Crippen LogP) is 2.60. The van der Waals surface area contributed by atoms with Crippen LogP contribution in [0.5, 0.6) is 11.5 Å². The highest BCUT2D eigenvalue weighted by Gasteiger charge is 2.10. The Morgan fingerprint density at radius 1 is 1.05 bits per heavy atom. The smallest absolute Gasteiger partial charge is 0.124 e. The molecular formula is C15H24N2O2. The zero-order chi connectivity index (χ0) is 13.5. The van der Waals surface area contributed by atoms with Crippen molar-refractivity contribution in [2.45, 2.75) is 19.3 Å². The average Bonchev–Trinajstić information content (AvgIpc) is 2.96. The van der Waals surface area contributed by atoms with Crippen molar-refractivity contribution in [1.29, 1.82) is 0 Å². The second-order valence-electron chi connectivity index (χ2n) is 4.93. The number of nitrogens with one attached hydrogen (secondary N) is 1. The van der Waals surface area contributed by atoms with Gasteiger partial charge in [-0.15, -0.1) is 0 Å². The molecule has 19 heavy (non-hydrogen) atoms. The minimum absolute atomic E-state index is 0.821. The number of likely N-dealkylation sites (tertiary alicyclic amines) is 1. The van der Waals surface area contributed by atoms with Crippen LogP contribution in [0.15, 0.2) is 18.2 Å². The lowest BCUT2D eigenvalue weighted by Gasteiger charge is -2.15. The fourth-order valence-corrected chi connectivity index (χ4v) is 2.45. The lowest BCUT2D eigenvalue weighted by molar-refractivity contribution is 0.337. The van der Waals surface area contributed by atoms with E-state index in [1.165, 1.54) is 38.9 Å². The first-order valence-corrected chi connectivity index (χ1v) is 7.01. The van der Waals surface area contributed by atoms with Crippen LogP contribution in [0.4, 0.5) is 5.69 Å². The first kappa shape index (κ1) is 14.0. The van der Waals surface area contributed by atoms with E-state index in [9.17, 15) is 0 Å². The van der Waals surface area contributed by atoms with E-state index in [0.717, 1.165) is 23.7 Å². The van der Waals surface area contributed by atoms with E-state index in [1.54, 1.807) is 14.2 Å². The third kappa shape index (κ3) is 4.31. The molecule has 4 heteroatoms. The fraction of sp³-hybridized carbons (Fsp3) is 0.600. The summed E-state index contributed by atoms with van der Waals surface area (Å²) in [7, 11) is 3.35. The zero-order valence-corrected chi connectivity index (χ0v) is 11.9. The molecule has 1 N–H and O–H groups in total. The lowest BCUT2D eigenvalue weighted by Crippen LogP contribution is -2.22. The summed E-state index contributed by atoms with van der Waals surface area (Å²) in [5.41, 5.74) is 1.05. The van der Waals surface area contributed by atoms with Crippen molar-refractivity contribution < 1.29 is 9.47 Å². The van der Waals surface area contributed by atoms with Gasteiger partial charge in [0.2, 0.25) is 0 Å². The van der Waals surface area contributed by atoms with Crippen molar-refractivity contribution in [2.24, 2.45) is 0 Å². The van der Waals surface area contributed by atoms with Crippen LogP contribution in [0.3, 0.4) is 0 Å². The molecule has 1 saturated heterocycles. The quantitative estimate of drug-likeness (QED) is 0.768. The molecule has 0 aliphatic carbocycles. The minimum Gasteiger partial charge on any atom is -0.497 e. The molecule has 0 spiro atoms. The molecule has 0 aromatic heterocycles. The normalized spacial score (nSPS) is 15.5. The Balaban J connectivity index is 1.77. The van der Waals surface area contributed by atoms with Crippen molar-refractivity contribution in [2.75, 3.05) is 45.7 Å². The number of benzene rings is 1. The minimum atomic E-state index is 0.821. The molecule has 2 rings (SSSR count). The van der Waals surface area contributed by atoms with Gasteiger partial charge in [0, 0.05) is 30.4 Å². The average molecular weight is 264 g/mol. The van der Waals surface area contributed by atoms with Crippen LogP contribution in [-0.2, 0) is 0 Å². The first-order valence-electron chi connectivity index (χ1n) is 7.01. The standard InChI is InChI=1S/C15H24N2O2/c1-18-14-10-13(11-15(12-14)19-2)16-6-5-9-17-7-3-4-8-17/h10-12,16H,3-9H2,1-2H3. The second kappa shape index (κ2) is 7.24. The molecule has 0 bridgehead atoms. The Labute approximate surface area is 115 Å². The summed E-state index contributed by atoms with van der Waals surface area (Å²) in [6.45, 7) is 4.71. The molecule has 1 aromatic rings. The van der Waals surface area contributed by atoms with Crippen LogP contribution < -0.4 is 14.8 Å². The second-order valence-corrected chi connectivity index (χ2v) is 4.93. The number of nitrogens with zero attached hydrogens (tertiary/aromatic N) is 1. The van der Waals surface area contributed by atoms with Crippen LogP contribution in [0.1, 0.15) is 19.3 Å². The van der Waals surface area contributed by atoms with E-state index in [-0.39, 0.29) is 0 Å². The third-order valence-corrected chi connectivity index (χ3v) is 3.53. The Morgan fingerprint density at radius 2 is 1.68 bits per heavy atom. The molecule has 0 saturated carbocycles. The summed E-state index contributed by atoms with van der Waals surface area (Å²) in [6.07, 6.45) is 3.89. The van der Waals surface area contributed by atoms with Crippen LogP contribution in [-0.4, -0.2) is 45.3 Å². The van der Waals surface area contributed by atoms with Crippen LogP contribution >= 0.6 is 0 Å². The van der Waals surface area contributed by atoms with Crippen LogP contribution in [0, 0.1) is 0 Å². The Kier molecular flexibility index (Phi) is 5.33. The molecule has 0 unspecified atom stereocenters. The van der Waals surface area contributed by atoms with E-state index in [1.807, 2.05) is 18.2 Å². The maximum atomic E-state index is 5.26. The first-order chi connectivity index (χ1) is 9.31. The molecular weight excluding hydrogens is 240 g/mol. The van der Waals surface area contributed by atoms with Crippen molar-refractivity contribution in [1.82, 2.24) is 4.90 Å². The van der Waals surface area contributed by atoms with Gasteiger partial charge in [-0.1, -0.05) is 0 Å². The topological polar surface area (TPSA) is 33.7 Å². The van der Waals surface area contributed by atoms with Crippen molar-refractivity contribution in [3.63, 3.8) is 0 Å². The summed E-state index contributed by atoms with van der Waals surface area (Å²) < 4.78 is 10.5. The third-order valence-electron chi connectivity index (χ3n) is 3.53. The maximum absolute atomic E-state index is 5.26. The Hall–Kier alpha value is -1.42. The van der Waals surface area contributed by atoms with Crippen LogP contribution in [0.25, 0.3) is 0 Å². The number of anilines is 1. The van der Waals surface area contributed by atoms with Crippen LogP contribution in [0.2, 0.25) is 0 Å². The Bertz CT molecular complexity index is 367. The molecule has 0 radical (unpaired) electrons. The number of rotatable bonds is 7. The highest BCUT2D eigenvalue weighted by atomic mass is 16.5. The molecule has 1 aliphatic rings. The molecule has 0 atom stereocenters. The number of ether oxygens (including phenoxy) is 2. The van der Waals surface area contributed by atoms with Gasteiger partial charge in [0.1, 0.15) is 11.5 Å². The zero-order valence-electron chi connectivity index (χ0n) is 11.9. The van der Waals surface area contributed by atoms with E-state index >= 15 is 0 Å². The number of hydrogen-bond donors (Lipinski definition) is 1. The lowest BCUT2D eigenvalue weighted by atomic mass is 10.2. The van der Waals surface area contributed by atoms with E-state index < -0.39 is 0 Å². The monoisotopic (exact) mass is 264 g/mol. The highest BCUT2D eigenvalue weighted by Crippen LogP contribution is 2.25. The largest absolute Gasteiger partial charge is 0.497 e. The van der Waals surface area contributed by atoms with Gasteiger partial charge in [0.25, 0.3) is 0 Å². The van der Waals surface area contributed by atoms with Gasteiger partial charge in [-0.2, -0.15) is 0 Å². The van der Waals surface area contributed by atoms with Gasteiger partial charge in [-0.25, -0.2) is 0 Å². The molecule has 1 aliphatic heterocycles. The van der Waals surface area contributed by atoms with Gasteiger partial charge in [-0.05, 0) is 38.9 Å². The van der Waals surface area contributed by atoms with E-state index in [4.69, 9.17) is 9.47 Å². The summed E-state index contributed by atoms with van der Waals surface area (Å²) in [4.78, 5) is 2.54.